The summed E-state index contributed by atoms with van der Waals surface area (Å²) < 4.78 is 30.2. The van der Waals surface area contributed by atoms with Crippen molar-refractivity contribution in [1.29, 1.82) is 0 Å². The number of hydrogen-bond acceptors (Lipinski definition) is 4. The van der Waals surface area contributed by atoms with E-state index in [0.29, 0.717) is 12.2 Å². The Morgan fingerprint density at radius 2 is 1.82 bits per heavy atom. The normalized spacial score (nSPS) is 11.2. The number of halogens is 1. The standard InChI is InChI=1S/C25H23ClN4O3S/c1-18-4-2-7-21(12-18)29-34(32,33)22-8-9-24(26)23(14-22)25(31)28-15-19-5-3-6-20(13-19)16-30-11-10-27-17-30/h2-14,17,29H,15-16H2,1H3,(H,28,31). The van der Waals surface area contributed by atoms with Gasteiger partial charge in [0.05, 0.1) is 21.8 Å². The summed E-state index contributed by atoms with van der Waals surface area (Å²) in [5.41, 5.74) is 3.43. The molecule has 0 spiro atoms. The van der Waals surface area contributed by atoms with Gasteiger partial charge in [-0.3, -0.25) is 9.52 Å². The van der Waals surface area contributed by atoms with Crippen LogP contribution >= 0.6 is 11.6 Å². The highest BCUT2D eigenvalue weighted by molar-refractivity contribution is 7.92. The summed E-state index contributed by atoms with van der Waals surface area (Å²) in [5, 5.41) is 2.99. The lowest BCUT2D eigenvalue weighted by atomic mass is 10.1. The second-order valence-electron chi connectivity index (χ2n) is 7.85. The fourth-order valence-electron chi connectivity index (χ4n) is 3.47. The number of nitrogens with one attached hydrogen (secondary N) is 2. The molecule has 1 aromatic heterocycles. The highest BCUT2D eigenvalue weighted by Gasteiger charge is 2.19. The number of hydrogen-bond donors (Lipinski definition) is 2. The summed E-state index contributed by atoms with van der Waals surface area (Å²) in [4.78, 5) is 16.8. The summed E-state index contributed by atoms with van der Waals surface area (Å²) in [6.07, 6.45) is 5.34. The average Bonchev–Trinajstić information content (AvgIpc) is 3.30. The zero-order chi connectivity index (χ0) is 24.1. The van der Waals surface area contributed by atoms with Crippen molar-refractivity contribution < 1.29 is 13.2 Å². The molecule has 0 saturated carbocycles. The summed E-state index contributed by atoms with van der Waals surface area (Å²) in [6, 6.07) is 18.9. The molecule has 0 radical (unpaired) electrons. The number of amides is 1. The Balaban J connectivity index is 1.47. The number of nitrogens with zero attached hydrogens (tertiary/aromatic N) is 2. The van der Waals surface area contributed by atoms with Gasteiger partial charge >= 0.3 is 0 Å². The van der Waals surface area contributed by atoms with E-state index in [1.165, 1.54) is 18.2 Å². The van der Waals surface area contributed by atoms with E-state index in [1.807, 2.05) is 48.0 Å². The van der Waals surface area contributed by atoms with Gasteiger partial charge < -0.3 is 9.88 Å². The minimum atomic E-state index is -3.90. The van der Waals surface area contributed by atoms with Crippen LogP contribution in [-0.2, 0) is 23.1 Å². The van der Waals surface area contributed by atoms with Crippen molar-refractivity contribution in [1.82, 2.24) is 14.9 Å². The van der Waals surface area contributed by atoms with E-state index in [9.17, 15) is 13.2 Å². The second-order valence-corrected chi connectivity index (χ2v) is 9.94. The topological polar surface area (TPSA) is 93.1 Å². The molecule has 2 N–H and O–H groups in total. The number of rotatable bonds is 8. The molecule has 0 fully saturated rings. The molecule has 1 amide bonds. The van der Waals surface area contributed by atoms with E-state index in [4.69, 9.17) is 11.6 Å². The van der Waals surface area contributed by atoms with Crippen LogP contribution in [0.1, 0.15) is 27.0 Å². The van der Waals surface area contributed by atoms with Crippen LogP contribution < -0.4 is 10.0 Å². The van der Waals surface area contributed by atoms with Gasteiger partial charge in [0, 0.05) is 31.2 Å². The van der Waals surface area contributed by atoms with Gasteiger partial charge in [-0.15, -0.1) is 0 Å². The Morgan fingerprint density at radius 3 is 2.59 bits per heavy atom. The molecule has 4 rings (SSSR count). The molecule has 3 aromatic carbocycles. The molecule has 174 valence electrons. The molecule has 7 nitrogen and oxygen atoms in total. The Morgan fingerprint density at radius 1 is 1.03 bits per heavy atom. The molecule has 0 aliphatic carbocycles. The number of aromatic nitrogens is 2. The lowest BCUT2D eigenvalue weighted by molar-refractivity contribution is 0.0951. The van der Waals surface area contributed by atoms with Crippen LogP contribution in [0.15, 0.2) is 90.3 Å². The van der Waals surface area contributed by atoms with Crippen LogP contribution in [0.3, 0.4) is 0 Å². The van der Waals surface area contributed by atoms with E-state index in [2.05, 4.69) is 15.0 Å². The smallest absolute Gasteiger partial charge is 0.261 e. The third-order valence-corrected chi connectivity index (χ3v) is 6.84. The van der Waals surface area contributed by atoms with Crippen LogP contribution in [-0.4, -0.2) is 23.9 Å². The lowest BCUT2D eigenvalue weighted by Gasteiger charge is -2.12. The number of anilines is 1. The molecule has 1 heterocycles. The first-order valence-corrected chi connectivity index (χ1v) is 12.4. The number of benzene rings is 3. The molecule has 0 bridgehead atoms. The number of imidazole rings is 1. The summed E-state index contributed by atoms with van der Waals surface area (Å²) in [7, 11) is -3.90. The molecular formula is C25H23ClN4O3S. The van der Waals surface area contributed by atoms with E-state index < -0.39 is 15.9 Å². The number of sulfonamides is 1. The molecular weight excluding hydrogens is 472 g/mol. The van der Waals surface area contributed by atoms with Crippen molar-refractivity contribution in [2.75, 3.05) is 4.72 Å². The van der Waals surface area contributed by atoms with Crippen molar-refractivity contribution in [2.45, 2.75) is 24.9 Å². The van der Waals surface area contributed by atoms with Crippen molar-refractivity contribution in [3.05, 3.63) is 113 Å². The number of aryl methyl sites for hydroxylation is 1. The molecule has 4 aromatic rings. The van der Waals surface area contributed by atoms with Crippen molar-refractivity contribution in [3.63, 3.8) is 0 Å². The second kappa shape index (κ2) is 10.1. The monoisotopic (exact) mass is 494 g/mol. The average molecular weight is 495 g/mol. The number of carbonyl (C=O) groups excluding carboxylic acids is 1. The van der Waals surface area contributed by atoms with Crippen molar-refractivity contribution >= 4 is 33.2 Å². The zero-order valence-corrected chi connectivity index (χ0v) is 20.0. The van der Waals surface area contributed by atoms with Gasteiger partial charge in [0.15, 0.2) is 0 Å². The van der Waals surface area contributed by atoms with Crippen molar-refractivity contribution in [2.24, 2.45) is 0 Å². The van der Waals surface area contributed by atoms with E-state index >= 15 is 0 Å². The Labute approximate surface area is 203 Å². The largest absolute Gasteiger partial charge is 0.348 e. The van der Waals surface area contributed by atoms with Crippen LogP contribution in [0.4, 0.5) is 5.69 Å². The molecule has 0 aliphatic rings. The maximum absolute atomic E-state index is 12.9. The molecule has 9 heteroatoms. The molecule has 0 saturated heterocycles. The first-order valence-electron chi connectivity index (χ1n) is 10.5. The molecule has 0 atom stereocenters. The Bertz CT molecular complexity index is 1420. The lowest BCUT2D eigenvalue weighted by Crippen LogP contribution is -2.24. The summed E-state index contributed by atoms with van der Waals surface area (Å²) in [6.45, 7) is 2.81. The van der Waals surface area contributed by atoms with Crippen LogP contribution in [0, 0.1) is 6.92 Å². The van der Waals surface area contributed by atoms with Gasteiger partial charge in [-0.05, 0) is 53.9 Å². The highest BCUT2D eigenvalue weighted by atomic mass is 35.5. The Kier molecular flexibility index (Phi) is 7.00. The summed E-state index contributed by atoms with van der Waals surface area (Å²) in [5.74, 6) is -0.461. The van der Waals surface area contributed by atoms with E-state index in [0.717, 1.165) is 16.7 Å². The Hall–Kier alpha value is -3.62. The van der Waals surface area contributed by atoms with Gasteiger partial charge in [0.1, 0.15) is 0 Å². The maximum Gasteiger partial charge on any atom is 0.261 e. The van der Waals surface area contributed by atoms with Crippen molar-refractivity contribution in [3.8, 4) is 0 Å². The first kappa shape index (κ1) is 23.5. The van der Waals surface area contributed by atoms with Gasteiger partial charge in [0.25, 0.3) is 15.9 Å². The fraction of sp³-hybridized carbons (Fsp3) is 0.120. The predicted molar refractivity (Wildman–Crippen MR) is 132 cm³/mol. The van der Waals surface area contributed by atoms with Crippen LogP contribution in [0.25, 0.3) is 0 Å². The van der Waals surface area contributed by atoms with Gasteiger partial charge in [-0.1, -0.05) is 48.0 Å². The maximum atomic E-state index is 12.9. The van der Waals surface area contributed by atoms with Gasteiger partial charge in [-0.25, -0.2) is 13.4 Å². The minimum absolute atomic E-state index is 0.0501. The van der Waals surface area contributed by atoms with Gasteiger partial charge in [-0.2, -0.15) is 0 Å². The summed E-state index contributed by atoms with van der Waals surface area (Å²) >= 11 is 6.22. The predicted octanol–water partition coefficient (Wildman–Crippen LogP) is 4.62. The number of carbonyl (C=O) groups is 1. The molecule has 34 heavy (non-hydrogen) atoms. The molecule has 0 unspecified atom stereocenters. The van der Waals surface area contributed by atoms with E-state index in [-0.39, 0.29) is 22.0 Å². The third kappa shape index (κ3) is 5.84. The van der Waals surface area contributed by atoms with Gasteiger partial charge in [0.2, 0.25) is 0 Å². The van der Waals surface area contributed by atoms with E-state index in [1.54, 1.807) is 30.7 Å². The van der Waals surface area contributed by atoms with Crippen LogP contribution in [0.5, 0.6) is 0 Å². The first-order chi connectivity index (χ1) is 16.3. The SMILES string of the molecule is Cc1cccc(NS(=O)(=O)c2ccc(Cl)c(C(=O)NCc3cccc(Cn4ccnc4)c3)c2)c1. The van der Waals surface area contributed by atoms with Crippen LogP contribution in [0.2, 0.25) is 5.02 Å². The highest BCUT2D eigenvalue weighted by Crippen LogP contribution is 2.23. The fourth-order valence-corrected chi connectivity index (χ4v) is 4.75. The minimum Gasteiger partial charge on any atom is -0.348 e. The third-order valence-electron chi connectivity index (χ3n) is 5.13. The zero-order valence-electron chi connectivity index (χ0n) is 18.4. The molecule has 0 aliphatic heterocycles. The quantitative estimate of drug-likeness (QED) is 0.373.